The van der Waals surface area contributed by atoms with Crippen LogP contribution in [0.15, 0.2) is 22.8 Å². The average molecular weight is 223 g/mol. The summed E-state index contributed by atoms with van der Waals surface area (Å²) in [6.45, 7) is 5.26. The molecule has 1 aliphatic heterocycles. The highest BCUT2D eigenvalue weighted by atomic mass is 16.5. The summed E-state index contributed by atoms with van der Waals surface area (Å²) >= 11 is 0. The maximum atomic E-state index is 5.32. The van der Waals surface area contributed by atoms with Crippen LogP contribution in [0.5, 0.6) is 0 Å². The molecular weight excluding hydrogens is 202 g/mol. The average Bonchev–Trinajstić information content (AvgIpc) is 2.83. The molecule has 3 nitrogen and oxygen atoms in total. The number of hydrogen-bond acceptors (Lipinski definition) is 3. The molecule has 0 aliphatic carbocycles. The first-order valence-electron chi connectivity index (χ1n) is 6.27. The molecule has 2 rings (SSSR count). The Morgan fingerprint density at radius 3 is 2.75 bits per heavy atom. The number of furan rings is 1. The smallest absolute Gasteiger partial charge is 0.103 e. The predicted molar refractivity (Wildman–Crippen MR) is 63.5 cm³/mol. The zero-order chi connectivity index (χ0) is 11.1. The quantitative estimate of drug-likeness (QED) is 0.692. The molecule has 0 amide bonds. The van der Waals surface area contributed by atoms with Crippen molar-refractivity contribution < 1.29 is 9.15 Å². The Morgan fingerprint density at radius 1 is 1.12 bits per heavy atom. The summed E-state index contributed by atoms with van der Waals surface area (Å²) in [5.74, 6) is 1.12. The third-order valence-corrected chi connectivity index (χ3v) is 3.08. The first kappa shape index (κ1) is 11.7. The molecule has 1 saturated heterocycles. The minimum Gasteiger partial charge on any atom is -0.469 e. The summed E-state index contributed by atoms with van der Waals surface area (Å²) in [6, 6.07) is 4.02. The van der Waals surface area contributed by atoms with E-state index in [0.717, 1.165) is 38.5 Å². The van der Waals surface area contributed by atoms with Gasteiger partial charge in [-0.1, -0.05) is 6.42 Å². The van der Waals surface area contributed by atoms with Gasteiger partial charge < -0.3 is 9.15 Å². The summed E-state index contributed by atoms with van der Waals surface area (Å²) < 4.78 is 10.6. The van der Waals surface area contributed by atoms with Crippen molar-refractivity contribution in [3.05, 3.63) is 24.2 Å². The van der Waals surface area contributed by atoms with Crippen molar-refractivity contribution in [2.24, 2.45) is 0 Å². The first-order valence-corrected chi connectivity index (χ1v) is 6.27. The van der Waals surface area contributed by atoms with Crippen LogP contribution in [0.3, 0.4) is 0 Å². The molecule has 1 fully saturated rings. The number of aryl methyl sites for hydroxylation is 1. The van der Waals surface area contributed by atoms with E-state index >= 15 is 0 Å². The predicted octanol–water partition coefficient (Wildman–Crippen LogP) is 2.32. The number of rotatable bonds is 6. The van der Waals surface area contributed by atoms with Crippen LogP contribution in [-0.4, -0.2) is 37.7 Å². The highest BCUT2D eigenvalue weighted by Gasteiger charge is 2.08. The maximum Gasteiger partial charge on any atom is 0.103 e. The van der Waals surface area contributed by atoms with Gasteiger partial charge in [0.1, 0.15) is 5.76 Å². The Labute approximate surface area is 97.4 Å². The van der Waals surface area contributed by atoms with Crippen LogP contribution >= 0.6 is 0 Å². The van der Waals surface area contributed by atoms with E-state index in [1.54, 1.807) is 6.26 Å². The summed E-state index contributed by atoms with van der Waals surface area (Å²) in [6.07, 6.45) is 6.65. The van der Waals surface area contributed by atoms with Crippen LogP contribution in [0.25, 0.3) is 0 Å². The van der Waals surface area contributed by atoms with Crippen molar-refractivity contribution in [2.45, 2.75) is 25.7 Å². The number of ether oxygens (including phenoxy) is 1. The van der Waals surface area contributed by atoms with Crippen LogP contribution in [0.2, 0.25) is 0 Å². The molecule has 0 spiro atoms. The molecule has 2 heterocycles. The molecule has 0 atom stereocenters. The summed E-state index contributed by atoms with van der Waals surface area (Å²) in [5, 5.41) is 0. The lowest BCUT2D eigenvalue weighted by Gasteiger charge is -2.26. The molecule has 90 valence electrons. The normalized spacial score (nSPS) is 17.8. The van der Waals surface area contributed by atoms with Gasteiger partial charge in [-0.2, -0.15) is 0 Å². The van der Waals surface area contributed by atoms with E-state index in [0.29, 0.717) is 0 Å². The molecule has 1 aromatic heterocycles. The Hall–Kier alpha value is -0.800. The monoisotopic (exact) mass is 223 g/mol. The van der Waals surface area contributed by atoms with Crippen LogP contribution in [0, 0.1) is 0 Å². The molecule has 16 heavy (non-hydrogen) atoms. The molecule has 0 bridgehead atoms. The van der Waals surface area contributed by atoms with Gasteiger partial charge >= 0.3 is 0 Å². The fourth-order valence-corrected chi connectivity index (χ4v) is 2.09. The van der Waals surface area contributed by atoms with Crippen molar-refractivity contribution in [1.29, 1.82) is 0 Å². The van der Waals surface area contributed by atoms with Crippen LogP contribution in [-0.2, 0) is 11.2 Å². The van der Waals surface area contributed by atoms with Crippen LogP contribution in [0.4, 0.5) is 0 Å². The summed E-state index contributed by atoms with van der Waals surface area (Å²) in [7, 11) is 0. The van der Waals surface area contributed by atoms with Gasteiger partial charge in [0.2, 0.25) is 0 Å². The lowest BCUT2D eigenvalue weighted by atomic mass is 10.1. The van der Waals surface area contributed by atoms with Gasteiger partial charge in [-0.25, -0.2) is 0 Å². The van der Waals surface area contributed by atoms with E-state index in [1.807, 2.05) is 6.07 Å². The van der Waals surface area contributed by atoms with Crippen molar-refractivity contribution >= 4 is 0 Å². The van der Waals surface area contributed by atoms with Gasteiger partial charge in [0.15, 0.2) is 0 Å². The van der Waals surface area contributed by atoms with Gasteiger partial charge in [0.25, 0.3) is 0 Å². The second-order valence-corrected chi connectivity index (χ2v) is 4.34. The van der Waals surface area contributed by atoms with Crippen molar-refractivity contribution in [3.8, 4) is 0 Å². The fourth-order valence-electron chi connectivity index (χ4n) is 2.09. The number of morpholine rings is 1. The van der Waals surface area contributed by atoms with Gasteiger partial charge in [-0.15, -0.1) is 0 Å². The Balaban J connectivity index is 1.48. The standard InChI is InChI=1S/C13H21NO2/c1(2-5-13-6-4-10-16-13)3-7-14-8-11-15-12-9-14/h4,6,10H,1-3,5,7-9,11-12H2. The minimum absolute atomic E-state index is 0.909. The summed E-state index contributed by atoms with van der Waals surface area (Å²) in [5.41, 5.74) is 0. The van der Waals surface area contributed by atoms with Gasteiger partial charge in [-0.05, 0) is 31.5 Å². The lowest BCUT2D eigenvalue weighted by Crippen LogP contribution is -2.36. The summed E-state index contributed by atoms with van der Waals surface area (Å²) in [4.78, 5) is 2.50. The molecule has 0 unspecified atom stereocenters. The van der Waals surface area contributed by atoms with Crippen LogP contribution < -0.4 is 0 Å². The lowest BCUT2D eigenvalue weighted by molar-refractivity contribution is 0.0371. The molecular formula is C13H21NO2. The highest BCUT2D eigenvalue weighted by Crippen LogP contribution is 2.08. The molecule has 1 aromatic rings. The maximum absolute atomic E-state index is 5.32. The van der Waals surface area contributed by atoms with Crippen molar-refractivity contribution in [1.82, 2.24) is 4.90 Å². The van der Waals surface area contributed by atoms with E-state index in [2.05, 4.69) is 11.0 Å². The first-order chi connectivity index (χ1) is 7.95. The topological polar surface area (TPSA) is 25.6 Å². The Kier molecular flexibility index (Phi) is 4.90. The SMILES string of the molecule is c1coc(CCCCCN2CCOCC2)c1. The minimum atomic E-state index is 0.909. The Bertz CT molecular complexity index is 265. The van der Waals surface area contributed by atoms with Crippen molar-refractivity contribution in [2.75, 3.05) is 32.8 Å². The zero-order valence-corrected chi connectivity index (χ0v) is 9.86. The van der Waals surface area contributed by atoms with Crippen molar-refractivity contribution in [3.63, 3.8) is 0 Å². The Morgan fingerprint density at radius 2 is 2.00 bits per heavy atom. The second kappa shape index (κ2) is 6.71. The third kappa shape index (κ3) is 3.99. The fraction of sp³-hybridized carbons (Fsp3) is 0.692. The molecule has 0 saturated carbocycles. The highest BCUT2D eigenvalue weighted by molar-refractivity contribution is 4.97. The van der Waals surface area contributed by atoms with Gasteiger partial charge in [0, 0.05) is 19.5 Å². The molecule has 0 radical (unpaired) electrons. The van der Waals surface area contributed by atoms with E-state index < -0.39 is 0 Å². The van der Waals surface area contributed by atoms with Crippen LogP contribution in [0.1, 0.15) is 25.0 Å². The van der Waals surface area contributed by atoms with E-state index in [-0.39, 0.29) is 0 Å². The van der Waals surface area contributed by atoms with E-state index in [4.69, 9.17) is 9.15 Å². The number of unbranched alkanes of at least 4 members (excludes halogenated alkanes) is 2. The number of hydrogen-bond donors (Lipinski definition) is 0. The van der Waals surface area contributed by atoms with E-state index in [1.165, 1.54) is 25.8 Å². The largest absolute Gasteiger partial charge is 0.469 e. The third-order valence-electron chi connectivity index (χ3n) is 3.08. The molecule has 0 aromatic carbocycles. The molecule has 3 heteroatoms. The molecule has 0 N–H and O–H groups in total. The molecule has 1 aliphatic rings. The number of nitrogens with zero attached hydrogens (tertiary/aromatic N) is 1. The van der Waals surface area contributed by atoms with E-state index in [9.17, 15) is 0 Å². The van der Waals surface area contributed by atoms with Gasteiger partial charge in [-0.3, -0.25) is 4.90 Å². The zero-order valence-electron chi connectivity index (χ0n) is 9.86. The van der Waals surface area contributed by atoms with Gasteiger partial charge in [0.05, 0.1) is 19.5 Å². The second-order valence-electron chi connectivity index (χ2n) is 4.34.